The number of hydrogen-bond acceptors (Lipinski definition) is 8. The van der Waals surface area contributed by atoms with Crippen molar-refractivity contribution in [2.75, 3.05) is 52.7 Å². The topological polar surface area (TPSA) is 112 Å². The first kappa shape index (κ1) is 28.9. The Morgan fingerprint density at radius 1 is 1.03 bits per heavy atom. The average molecular weight is 524 g/mol. The summed E-state index contributed by atoms with van der Waals surface area (Å²) in [5.74, 6) is 1.77. The lowest BCUT2D eigenvalue weighted by atomic mass is 10.1. The van der Waals surface area contributed by atoms with E-state index in [4.69, 9.17) is 20.3 Å². The van der Waals surface area contributed by atoms with Crippen LogP contribution in [0.4, 0.5) is 5.82 Å². The van der Waals surface area contributed by atoms with Crippen molar-refractivity contribution in [3.05, 3.63) is 54.4 Å². The van der Waals surface area contributed by atoms with Crippen LogP contribution in [0, 0.1) is 0 Å². The highest BCUT2D eigenvalue weighted by molar-refractivity contribution is 5.92. The molecule has 0 atom stereocenters. The van der Waals surface area contributed by atoms with Gasteiger partial charge in [-0.2, -0.15) is 5.10 Å². The summed E-state index contributed by atoms with van der Waals surface area (Å²) in [5.41, 5.74) is 7.63. The minimum atomic E-state index is 0.0357. The molecule has 1 aliphatic rings. The van der Waals surface area contributed by atoms with Gasteiger partial charge >= 0.3 is 0 Å². The lowest BCUT2D eigenvalue weighted by Crippen LogP contribution is -2.48. The summed E-state index contributed by atoms with van der Waals surface area (Å²) in [7, 11) is 3.23. The fourth-order valence-corrected chi connectivity index (χ4v) is 4.52. The fourth-order valence-electron chi connectivity index (χ4n) is 4.52. The Kier molecular flexibility index (Phi) is 11.4. The van der Waals surface area contributed by atoms with Crippen molar-refractivity contribution >= 4 is 28.8 Å². The molecule has 0 bridgehead atoms. The molecule has 0 radical (unpaired) electrons. The number of rotatable bonds is 14. The van der Waals surface area contributed by atoms with Crippen molar-refractivity contribution in [1.82, 2.24) is 29.5 Å². The molecular weight excluding hydrogens is 482 g/mol. The van der Waals surface area contributed by atoms with Crippen molar-refractivity contribution in [2.45, 2.75) is 45.6 Å². The number of nitrogens with zero attached hydrogens (tertiary/aromatic N) is 6. The third kappa shape index (κ3) is 7.92. The minimum Gasteiger partial charge on any atom is -0.497 e. The van der Waals surface area contributed by atoms with Gasteiger partial charge in [-0.25, -0.2) is 14.6 Å². The van der Waals surface area contributed by atoms with Crippen LogP contribution in [0.1, 0.15) is 44.7 Å². The van der Waals surface area contributed by atoms with Gasteiger partial charge in [-0.1, -0.05) is 25.8 Å². The van der Waals surface area contributed by atoms with Gasteiger partial charge in [0, 0.05) is 38.8 Å². The molecule has 10 heteroatoms. The van der Waals surface area contributed by atoms with Crippen LogP contribution in [0.5, 0.6) is 0 Å². The molecule has 1 fully saturated rings. The molecule has 1 saturated heterocycles. The van der Waals surface area contributed by atoms with Crippen LogP contribution in [0.3, 0.4) is 0 Å². The van der Waals surface area contributed by atoms with E-state index < -0.39 is 0 Å². The van der Waals surface area contributed by atoms with Gasteiger partial charge in [-0.15, -0.1) is 0 Å². The molecule has 0 spiro atoms. The highest BCUT2D eigenvalue weighted by Crippen LogP contribution is 2.23. The van der Waals surface area contributed by atoms with Gasteiger partial charge in [0.2, 0.25) is 5.91 Å². The summed E-state index contributed by atoms with van der Waals surface area (Å²) in [6.45, 7) is 10.8. The van der Waals surface area contributed by atoms with Crippen molar-refractivity contribution < 1.29 is 14.3 Å². The fraction of sp³-hybridized carbons (Fsp3) is 0.500. The van der Waals surface area contributed by atoms with Crippen LogP contribution in [0.25, 0.3) is 17.1 Å². The second kappa shape index (κ2) is 14.9. The number of ether oxygens (including phenoxy) is 2. The van der Waals surface area contributed by atoms with Gasteiger partial charge < -0.3 is 20.1 Å². The Morgan fingerprint density at radius 3 is 2.37 bits per heavy atom. The standard InChI is InChI=1S/C28H41N7O3/c1-5-22(37-3)20-23(38-4)12-13-24-26-27(29)30-21-31-28(26)35(32-24)15-11-9-7-8-10-14-33-16-18-34(19-17-33)25(36)6-2/h5-6,12-13,20-21H,2,7-11,14-19H2,1,3-4H3,(H2,29,30,31)/b13-12+,22-5+,23-20+. The number of aromatic nitrogens is 4. The lowest BCUT2D eigenvalue weighted by molar-refractivity contribution is -0.127. The van der Waals surface area contributed by atoms with E-state index in [0.29, 0.717) is 23.0 Å². The Balaban J connectivity index is 1.49. The number of amides is 1. The number of piperazine rings is 1. The van der Waals surface area contributed by atoms with Gasteiger partial charge in [0.1, 0.15) is 23.7 Å². The van der Waals surface area contributed by atoms with Crippen molar-refractivity contribution in [3.63, 3.8) is 0 Å². The van der Waals surface area contributed by atoms with Crippen LogP contribution in [0.15, 0.2) is 48.7 Å². The molecule has 0 unspecified atom stereocenters. The third-order valence-electron chi connectivity index (χ3n) is 6.73. The first-order chi connectivity index (χ1) is 18.5. The average Bonchev–Trinajstić information content (AvgIpc) is 3.31. The van der Waals surface area contributed by atoms with E-state index >= 15 is 0 Å². The second-order valence-electron chi connectivity index (χ2n) is 9.18. The zero-order valence-corrected chi connectivity index (χ0v) is 22.9. The number of hydrogen-bond donors (Lipinski definition) is 1. The molecule has 3 heterocycles. The van der Waals surface area contributed by atoms with E-state index in [0.717, 1.165) is 63.1 Å². The van der Waals surface area contributed by atoms with E-state index in [2.05, 4.69) is 21.4 Å². The largest absolute Gasteiger partial charge is 0.497 e. The molecule has 2 aromatic rings. The third-order valence-corrected chi connectivity index (χ3v) is 6.73. The molecule has 38 heavy (non-hydrogen) atoms. The molecule has 1 amide bonds. The number of carbonyl (C=O) groups is 1. The van der Waals surface area contributed by atoms with Crippen molar-refractivity contribution in [3.8, 4) is 0 Å². The Labute approximate surface area is 225 Å². The zero-order valence-electron chi connectivity index (χ0n) is 22.9. The highest BCUT2D eigenvalue weighted by Gasteiger charge is 2.18. The smallest absolute Gasteiger partial charge is 0.246 e. The van der Waals surface area contributed by atoms with Gasteiger partial charge in [-0.3, -0.25) is 9.69 Å². The van der Waals surface area contributed by atoms with E-state index in [1.165, 1.54) is 31.7 Å². The number of nitrogen functional groups attached to an aromatic ring is 1. The first-order valence-electron chi connectivity index (χ1n) is 13.3. The van der Waals surface area contributed by atoms with Gasteiger partial charge in [-0.05, 0) is 50.6 Å². The van der Waals surface area contributed by atoms with Crippen LogP contribution >= 0.6 is 0 Å². The number of nitrogens with two attached hydrogens (primary N) is 1. The molecule has 2 N–H and O–H groups in total. The Bertz CT molecular complexity index is 1160. The molecule has 1 aliphatic heterocycles. The molecule has 0 saturated carbocycles. The van der Waals surface area contributed by atoms with E-state index in [9.17, 15) is 4.79 Å². The van der Waals surface area contributed by atoms with Crippen LogP contribution in [-0.2, 0) is 20.8 Å². The lowest BCUT2D eigenvalue weighted by Gasteiger charge is -2.34. The molecule has 10 nitrogen and oxygen atoms in total. The summed E-state index contributed by atoms with van der Waals surface area (Å²) in [6, 6.07) is 0. The predicted octanol–water partition coefficient (Wildman–Crippen LogP) is 3.78. The second-order valence-corrected chi connectivity index (χ2v) is 9.18. The number of fused-ring (bicyclic) bond motifs is 1. The van der Waals surface area contributed by atoms with Gasteiger partial charge in [0.25, 0.3) is 0 Å². The summed E-state index contributed by atoms with van der Waals surface area (Å²) in [4.78, 5) is 24.6. The van der Waals surface area contributed by atoms with Gasteiger partial charge in [0.05, 0.1) is 25.3 Å². The predicted molar refractivity (Wildman–Crippen MR) is 151 cm³/mol. The van der Waals surface area contributed by atoms with Crippen LogP contribution in [0.2, 0.25) is 0 Å². The summed E-state index contributed by atoms with van der Waals surface area (Å²) in [6.07, 6.45) is 15.9. The molecular formula is C28H41N7O3. The van der Waals surface area contributed by atoms with E-state index in [-0.39, 0.29) is 5.91 Å². The van der Waals surface area contributed by atoms with E-state index in [1.807, 2.05) is 34.7 Å². The highest BCUT2D eigenvalue weighted by atomic mass is 16.5. The maximum Gasteiger partial charge on any atom is 0.246 e. The molecule has 0 aliphatic carbocycles. The number of methoxy groups -OCH3 is 2. The summed E-state index contributed by atoms with van der Waals surface area (Å²) >= 11 is 0. The quantitative estimate of drug-likeness (QED) is 0.172. The Hall–Kier alpha value is -3.66. The molecule has 3 rings (SSSR count). The minimum absolute atomic E-state index is 0.0357. The molecule has 0 aromatic carbocycles. The summed E-state index contributed by atoms with van der Waals surface area (Å²) < 4.78 is 12.7. The zero-order chi connectivity index (χ0) is 27.3. The first-order valence-corrected chi connectivity index (χ1v) is 13.3. The molecule has 2 aromatic heterocycles. The number of aryl methyl sites for hydroxylation is 1. The summed E-state index contributed by atoms with van der Waals surface area (Å²) in [5, 5.41) is 5.52. The maximum atomic E-state index is 11.7. The number of carbonyl (C=O) groups excluding carboxylic acids is 1. The SMILES string of the molecule is C=CC(=O)N1CCN(CCCCCCCn2nc(/C=C/C(=C\C(=C/C)OC)OC)c3c(N)ncnc32)CC1. The number of anilines is 1. The van der Waals surface area contributed by atoms with Crippen LogP contribution in [-0.4, -0.2) is 82.4 Å². The monoisotopic (exact) mass is 523 g/mol. The van der Waals surface area contributed by atoms with Gasteiger partial charge in [0.15, 0.2) is 5.65 Å². The molecule has 206 valence electrons. The van der Waals surface area contributed by atoms with Crippen molar-refractivity contribution in [2.24, 2.45) is 0 Å². The van der Waals surface area contributed by atoms with Crippen LogP contribution < -0.4 is 5.73 Å². The normalized spacial score (nSPS) is 15.4. The Morgan fingerprint density at radius 2 is 1.71 bits per heavy atom. The van der Waals surface area contributed by atoms with Crippen molar-refractivity contribution in [1.29, 1.82) is 0 Å². The number of unbranched alkanes of at least 4 members (excludes halogenated alkanes) is 4. The van der Waals surface area contributed by atoms with E-state index in [1.54, 1.807) is 20.3 Å². The number of allylic oxidation sites excluding steroid dienone is 3. The maximum absolute atomic E-state index is 11.7.